The molecule has 10 atom stereocenters. The van der Waals surface area contributed by atoms with Crippen LogP contribution in [-0.4, -0.2) is 70.2 Å². The molecule has 1 aliphatic heterocycles. The summed E-state index contributed by atoms with van der Waals surface area (Å²) in [6.45, 7) is 15.2. The van der Waals surface area contributed by atoms with Crippen LogP contribution in [0.25, 0.3) is 0 Å². The van der Waals surface area contributed by atoms with Crippen molar-refractivity contribution >= 4 is 23.9 Å². The third-order valence-corrected chi connectivity index (χ3v) is 8.20. The van der Waals surface area contributed by atoms with Crippen molar-refractivity contribution in [1.82, 2.24) is 0 Å². The van der Waals surface area contributed by atoms with E-state index in [4.69, 9.17) is 18.9 Å². The highest BCUT2D eigenvalue weighted by Gasteiger charge is 2.77. The van der Waals surface area contributed by atoms with Crippen molar-refractivity contribution in [3.63, 3.8) is 0 Å². The van der Waals surface area contributed by atoms with E-state index in [-0.39, 0.29) is 12.0 Å². The Bertz CT molecular complexity index is 1010. The molecule has 2 saturated carbocycles. The molecule has 1 saturated heterocycles. The minimum atomic E-state index is -1.97. The molecule has 10 heteroatoms. The van der Waals surface area contributed by atoms with Crippen LogP contribution in [0.15, 0.2) is 23.8 Å². The normalized spacial score (nSPS) is 38.9. The van der Waals surface area contributed by atoms with Crippen molar-refractivity contribution in [3.8, 4) is 0 Å². The van der Waals surface area contributed by atoms with Gasteiger partial charge in [0.1, 0.15) is 24.4 Å². The lowest BCUT2D eigenvalue weighted by Gasteiger charge is -2.59. The largest absolute Gasteiger partial charge is 0.459 e. The first-order valence-electron chi connectivity index (χ1n) is 12.6. The summed E-state index contributed by atoms with van der Waals surface area (Å²) in [5.41, 5.74) is -2.39. The summed E-state index contributed by atoms with van der Waals surface area (Å²) in [5.74, 6) is -5.29. The first-order valence-corrected chi connectivity index (χ1v) is 12.6. The minimum absolute atomic E-state index is 0.0625. The van der Waals surface area contributed by atoms with Crippen molar-refractivity contribution in [2.45, 2.75) is 97.4 Å². The van der Waals surface area contributed by atoms with Crippen molar-refractivity contribution in [3.05, 3.63) is 23.8 Å². The van der Waals surface area contributed by atoms with Crippen molar-refractivity contribution < 1.29 is 48.3 Å². The third kappa shape index (κ3) is 4.69. The van der Waals surface area contributed by atoms with E-state index < -0.39 is 83.2 Å². The lowest BCUT2D eigenvalue weighted by molar-refractivity contribution is -0.262. The van der Waals surface area contributed by atoms with Gasteiger partial charge in [0.15, 0.2) is 11.7 Å². The molecule has 3 fully saturated rings. The Morgan fingerprint density at radius 2 is 1.78 bits per heavy atom. The molecule has 3 aliphatic rings. The Kier molecular flexibility index (Phi) is 7.96. The van der Waals surface area contributed by atoms with Crippen molar-refractivity contribution in [1.29, 1.82) is 0 Å². The van der Waals surface area contributed by atoms with Crippen LogP contribution < -0.4 is 0 Å². The summed E-state index contributed by atoms with van der Waals surface area (Å²) in [6.07, 6.45) is -5.02. The fourth-order valence-electron chi connectivity index (χ4n) is 6.11. The van der Waals surface area contributed by atoms with Crippen LogP contribution in [0, 0.1) is 23.2 Å². The van der Waals surface area contributed by atoms with Crippen LogP contribution in [0.1, 0.15) is 61.3 Å². The Labute approximate surface area is 217 Å². The first-order chi connectivity index (χ1) is 17.1. The molecule has 37 heavy (non-hydrogen) atoms. The number of esters is 4. The fraction of sp³-hybridized carbons (Fsp3) is 0.704. The molecule has 0 aromatic heterocycles. The van der Waals surface area contributed by atoms with Crippen molar-refractivity contribution in [2.75, 3.05) is 0 Å². The van der Waals surface area contributed by atoms with Crippen molar-refractivity contribution in [2.24, 2.45) is 23.2 Å². The van der Waals surface area contributed by atoms with E-state index >= 15 is 0 Å². The second kappa shape index (κ2) is 10.2. The molecular weight excluding hydrogens is 484 g/mol. The van der Waals surface area contributed by atoms with E-state index in [0.29, 0.717) is 12.0 Å². The van der Waals surface area contributed by atoms with Gasteiger partial charge in [0.2, 0.25) is 0 Å². The Morgan fingerprint density at radius 1 is 1.16 bits per heavy atom. The molecule has 3 rings (SSSR count). The standard InChI is InChI=1S/C27H38O10/c1-9-14(6)23(31)35-17-11-16-21(34-15(7)28)22(36-18(29)10-12(2)3)20(30)19-24(32)37-25(26(16,19)8)27(17,33)13(4)5/h10,14,16-17,19-22,25,30,33H,4,9,11H2,1-3,5-8H3/t14-,16+,17+,19-,20+,21-,22+,25-,26+,27-/m1/s1. The molecule has 0 aromatic rings. The first kappa shape index (κ1) is 28.8. The predicted octanol–water partition coefficient (Wildman–Crippen LogP) is 2.00. The van der Waals surface area contributed by atoms with Gasteiger partial charge in [-0.2, -0.15) is 0 Å². The van der Waals surface area contributed by atoms with Crippen LogP contribution >= 0.6 is 0 Å². The van der Waals surface area contributed by atoms with E-state index in [2.05, 4.69) is 6.58 Å². The molecule has 0 unspecified atom stereocenters. The zero-order valence-corrected chi connectivity index (χ0v) is 22.5. The number of hydrogen-bond acceptors (Lipinski definition) is 10. The zero-order valence-electron chi connectivity index (χ0n) is 22.5. The quantitative estimate of drug-likeness (QED) is 0.220. The van der Waals surface area contributed by atoms with Crippen LogP contribution in [0.3, 0.4) is 0 Å². The lowest BCUT2D eigenvalue weighted by atomic mass is 9.48. The second-order valence-corrected chi connectivity index (χ2v) is 11.0. The molecule has 1 heterocycles. The minimum Gasteiger partial charge on any atom is -0.459 e. The topological polar surface area (TPSA) is 146 Å². The Balaban J connectivity index is 2.16. The summed E-state index contributed by atoms with van der Waals surface area (Å²) in [7, 11) is 0. The summed E-state index contributed by atoms with van der Waals surface area (Å²) in [6, 6.07) is 0. The number of ether oxygens (including phenoxy) is 4. The van der Waals surface area contributed by atoms with Gasteiger partial charge < -0.3 is 29.2 Å². The van der Waals surface area contributed by atoms with Gasteiger partial charge >= 0.3 is 23.9 Å². The molecule has 2 N–H and O–H groups in total. The Hall–Kier alpha value is -2.72. The van der Waals surface area contributed by atoms with Crippen LogP contribution in [0.4, 0.5) is 0 Å². The maximum atomic E-state index is 13.2. The summed E-state index contributed by atoms with van der Waals surface area (Å²) >= 11 is 0. The lowest BCUT2D eigenvalue weighted by Crippen LogP contribution is -2.73. The number of aliphatic hydroxyl groups excluding tert-OH is 1. The maximum absolute atomic E-state index is 13.2. The maximum Gasteiger partial charge on any atom is 0.331 e. The van der Waals surface area contributed by atoms with Gasteiger partial charge in [0, 0.05) is 24.3 Å². The number of carbonyl (C=O) groups excluding carboxylic acids is 4. The molecule has 0 amide bonds. The fourth-order valence-corrected chi connectivity index (χ4v) is 6.11. The van der Waals surface area contributed by atoms with Gasteiger partial charge in [-0.15, -0.1) is 0 Å². The molecule has 2 aliphatic carbocycles. The predicted molar refractivity (Wildman–Crippen MR) is 130 cm³/mol. The molecular formula is C27H38O10. The molecule has 0 aromatic carbocycles. The number of carbonyl (C=O) groups is 4. The van der Waals surface area contributed by atoms with Gasteiger partial charge in [0.05, 0.1) is 11.8 Å². The van der Waals surface area contributed by atoms with Gasteiger partial charge in [-0.3, -0.25) is 14.4 Å². The third-order valence-electron chi connectivity index (χ3n) is 8.20. The Morgan fingerprint density at radius 3 is 2.30 bits per heavy atom. The molecule has 0 spiro atoms. The SMILES string of the molecule is C=C(C)[C@@]1(O)[C@@H](OC(=O)[C@H](C)CC)C[C@H]2[C@@H](OC(C)=O)[C@@H](OC(=O)C=C(C)C)[C@@H](O)[C@@H]3C(=O)O[C@@H]1[C@@]23C. The molecule has 0 radical (unpaired) electrons. The average Bonchev–Trinajstić information content (AvgIpc) is 3.07. The monoisotopic (exact) mass is 522 g/mol. The average molecular weight is 523 g/mol. The summed E-state index contributed by atoms with van der Waals surface area (Å²) in [4.78, 5) is 50.7. The molecule has 10 nitrogen and oxygen atoms in total. The summed E-state index contributed by atoms with van der Waals surface area (Å²) in [5, 5.41) is 23.3. The van der Waals surface area contributed by atoms with Crippen LogP contribution in [0.5, 0.6) is 0 Å². The highest BCUT2D eigenvalue weighted by atomic mass is 16.6. The molecule has 0 bridgehead atoms. The van der Waals surface area contributed by atoms with Gasteiger partial charge in [-0.05, 0) is 39.2 Å². The summed E-state index contributed by atoms with van der Waals surface area (Å²) < 4.78 is 22.7. The highest BCUT2D eigenvalue weighted by Crippen LogP contribution is 2.63. The zero-order chi connectivity index (χ0) is 28.0. The van der Waals surface area contributed by atoms with Gasteiger partial charge in [0.25, 0.3) is 0 Å². The van der Waals surface area contributed by atoms with E-state index in [0.717, 1.165) is 0 Å². The van der Waals surface area contributed by atoms with E-state index in [1.54, 1.807) is 34.6 Å². The molecule has 206 valence electrons. The van der Waals surface area contributed by atoms with E-state index in [1.807, 2.05) is 6.92 Å². The second-order valence-electron chi connectivity index (χ2n) is 11.0. The van der Waals surface area contributed by atoms with Gasteiger partial charge in [-0.1, -0.05) is 32.9 Å². The highest BCUT2D eigenvalue weighted by molar-refractivity contribution is 5.83. The van der Waals surface area contributed by atoms with Gasteiger partial charge in [-0.25, -0.2) is 4.79 Å². The number of allylic oxidation sites excluding steroid dienone is 1. The smallest absolute Gasteiger partial charge is 0.331 e. The van der Waals surface area contributed by atoms with E-state index in [9.17, 15) is 29.4 Å². The number of aliphatic hydroxyl groups is 2. The van der Waals surface area contributed by atoms with Crippen LogP contribution in [0.2, 0.25) is 0 Å². The number of rotatable bonds is 7. The number of hydrogen-bond donors (Lipinski definition) is 2. The van der Waals surface area contributed by atoms with E-state index in [1.165, 1.54) is 13.0 Å². The van der Waals surface area contributed by atoms with Crippen LogP contribution in [-0.2, 0) is 38.1 Å².